The van der Waals surface area contributed by atoms with E-state index in [-0.39, 0.29) is 24.4 Å². The van der Waals surface area contributed by atoms with E-state index in [2.05, 4.69) is 17.6 Å². The second kappa shape index (κ2) is 9.58. The van der Waals surface area contributed by atoms with Crippen LogP contribution in [0.4, 0.5) is 5.69 Å². The molecule has 2 amide bonds. The normalized spacial score (nSPS) is 21.3. The molecule has 1 aliphatic carbocycles. The van der Waals surface area contributed by atoms with Crippen LogP contribution in [-0.4, -0.2) is 42.4 Å². The summed E-state index contributed by atoms with van der Waals surface area (Å²) in [7, 11) is 1.75. The summed E-state index contributed by atoms with van der Waals surface area (Å²) >= 11 is 12.1. The molecule has 3 atom stereocenters. The first-order chi connectivity index (χ1) is 12.3. The number of carbonyl (C=O) groups is 2. The number of nitrogens with one attached hydrogen (secondary N) is 2. The molecule has 1 aromatic carbocycles. The van der Waals surface area contributed by atoms with Gasteiger partial charge in [-0.3, -0.25) is 14.5 Å². The molecule has 0 aromatic heterocycles. The number of halogens is 2. The zero-order valence-corrected chi connectivity index (χ0v) is 17.0. The van der Waals surface area contributed by atoms with Crippen molar-refractivity contribution in [3.63, 3.8) is 0 Å². The minimum Gasteiger partial charge on any atom is -0.352 e. The third-order valence-electron chi connectivity index (χ3n) is 5.10. The molecular formula is C19H27Cl2N3O2. The van der Waals surface area contributed by atoms with E-state index in [0.29, 0.717) is 21.7 Å². The van der Waals surface area contributed by atoms with Gasteiger partial charge in [0.25, 0.3) is 0 Å². The lowest BCUT2D eigenvalue weighted by atomic mass is 9.86. The summed E-state index contributed by atoms with van der Waals surface area (Å²) in [5.74, 6) is 0.180. The maximum atomic E-state index is 12.5. The zero-order valence-electron chi connectivity index (χ0n) is 15.5. The molecule has 1 aromatic rings. The molecule has 0 spiro atoms. The molecule has 1 fully saturated rings. The van der Waals surface area contributed by atoms with Crippen LogP contribution in [0.5, 0.6) is 0 Å². The highest BCUT2D eigenvalue weighted by atomic mass is 35.5. The van der Waals surface area contributed by atoms with Gasteiger partial charge in [-0.25, -0.2) is 0 Å². The van der Waals surface area contributed by atoms with Gasteiger partial charge in [0.1, 0.15) is 0 Å². The lowest BCUT2D eigenvalue weighted by Gasteiger charge is -2.32. The van der Waals surface area contributed by atoms with Crippen LogP contribution in [-0.2, 0) is 9.59 Å². The Morgan fingerprint density at radius 3 is 2.46 bits per heavy atom. The van der Waals surface area contributed by atoms with Crippen molar-refractivity contribution in [1.29, 1.82) is 0 Å². The summed E-state index contributed by atoms with van der Waals surface area (Å²) in [6.07, 6.45) is 4.55. The van der Waals surface area contributed by atoms with Gasteiger partial charge in [-0.05, 0) is 44.9 Å². The Morgan fingerprint density at radius 1 is 1.23 bits per heavy atom. The maximum absolute atomic E-state index is 12.5. The van der Waals surface area contributed by atoms with Gasteiger partial charge in [-0.15, -0.1) is 0 Å². The first-order valence-corrected chi connectivity index (χ1v) is 9.79. The van der Waals surface area contributed by atoms with E-state index in [9.17, 15) is 9.59 Å². The van der Waals surface area contributed by atoms with E-state index < -0.39 is 6.04 Å². The van der Waals surface area contributed by atoms with Crippen LogP contribution in [0, 0.1) is 5.92 Å². The average Bonchev–Trinajstić information content (AvgIpc) is 2.59. The lowest BCUT2D eigenvalue weighted by Crippen LogP contribution is -2.50. The van der Waals surface area contributed by atoms with Crippen LogP contribution >= 0.6 is 23.2 Å². The fraction of sp³-hybridized carbons (Fsp3) is 0.579. The summed E-state index contributed by atoms with van der Waals surface area (Å²) in [5.41, 5.74) is 0.391. The molecule has 2 N–H and O–H groups in total. The Bertz CT molecular complexity index is 633. The highest BCUT2D eigenvalue weighted by Crippen LogP contribution is 2.29. The van der Waals surface area contributed by atoms with Crippen LogP contribution in [0.3, 0.4) is 0 Å². The molecule has 0 aliphatic heterocycles. The van der Waals surface area contributed by atoms with E-state index in [1.54, 1.807) is 37.1 Å². The second-order valence-corrected chi connectivity index (χ2v) is 7.93. The average molecular weight is 400 g/mol. The number of rotatable bonds is 6. The van der Waals surface area contributed by atoms with Crippen molar-refractivity contribution in [2.45, 2.75) is 51.6 Å². The number of amides is 2. The molecule has 26 heavy (non-hydrogen) atoms. The summed E-state index contributed by atoms with van der Waals surface area (Å²) in [6, 6.07) is 4.85. The molecule has 0 saturated heterocycles. The third-order valence-corrected chi connectivity index (χ3v) is 5.73. The van der Waals surface area contributed by atoms with Gasteiger partial charge in [-0.1, -0.05) is 49.0 Å². The number of nitrogens with zero attached hydrogens (tertiary/aromatic N) is 1. The molecule has 1 aliphatic rings. The van der Waals surface area contributed by atoms with Crippen molar-refractivity contribution in [1.82, 2.24) is 10.2 Å². The van der Waals surface area contributed by atoms with Crippen molar-refractivity contribution in [3.8, 4) is 0 Å². The van der Waals surface area contributed by atoms with Crippen LogP contribution in [0.15, 0.2) is 18.2 Å². The van der Waals surface area contributed by atoms with Crippen LogP contribution in [0.2, 0.25) is 10.0 Å². The van der Waals surface area contributed by atoms with E-state index in [4.69, 9.17) is 23.2 Å². The third kappa shape index (κ3) is 5.60. The smallest absolute Gasteiger partial charge is 0.238 e. The monoisotopic (exact) mass is 399 g/mol. The first-order valence-electron chi connectivity index (χ1n) is 9.04. The minimum absolute atomic E-state index is 0.0465. The van der Waals surface area contributed by atoms with E-state index >= 15 is 0 Å². The molecule has 7 heteroatoms. The molecule has 0 unspecified atom stereocenters. The first kappa shape index (κ1) is 21.0. The lowest BCUT2D eigenvalue weighted by molar-refractivity contribution is -0.127. The van der Waals surface area contributed by atoms with Gasteiger partial charge in [0.2, 0.25) is 11.8 Å². The predicted molar refractivity (Wildman–Crippen MR) is 107 cm³/mol. The fourth-order valence-electron chi connectivity index (χ4n) is 3.19. The number of likely N-dealkylation sites (N-methyl/N-ethyl adjacent to an activating group) is 1. The zero-order chi connectivity index (χ0) is 19.3. The number of benzene rings is 1. The van der Waals surface area contributed by atoms with Gasteiger partial charge in [-0.2, -0.15) is 0 Å². The molecule has 144 valence electrons. The fourth-order valence-corrected chi connectivity index (χ4v) is 3.69. The molecule has 0 bridgehead atoms. The Hall–Kier alpha value is -1.30. The van der Waals surface area contributed by atoms with E-state index in [1.807, 2.05) is 0 Å². The van der Waals surface area contributed by atoms with Crippen LogP contribution < -0.4 is 10.6 Å². The molecule has 0 radical (unpaired) electrons. The molecule has 1 saturated carbocycles. The quantitative estimate of drug-likeness (QED) is 0.760. The number of anilines is 1. The van der Waals surface area contributed by atoms with Gasteiger partial charge in [0.05, 0.1) is 28.3 Å². The predicted octanol–water partition coefficient (Wildman–Crippen LogP) is 3.95. The number of para-hydroxylation sites is 1. The van der Waals surface area contributed by atoms with Crippen molar-refractivity contribution >= 4 is 40.7 Å². The standard InChI is InChI=1S/C19H27Cl2N3O2/c1-12-7-4-5-10-16(12)22-19(26)13(2)24(3)11-17(25)23-18-14(20)8-6-9-15(18)21/h6,8-9,12-13,16H,4-5,7,10-11H2,1-3H3,(H,22,26)(H,23,25)/t12-,13+,16-/m0/s1. The summed E-state index contributed by atoms with van der Waals surface area (Å²) < 4.78 is 0. The molecule has 5 nitrogen and oxygen atoms in total. The summed E-state index contributed by atoms with van der Waals surface area (Å²) in [6.45, 7) is 4.05. The van der Waals surface area contributed by atoms with Crippen molar-refractivity contribution < 1.29 is 9.59 Å². The van der Waals surface area contributed by atoms with Gasteiger partial charge < -0.3 is 10.6 Å². The van der Waals surface area contributed by atoms with Crippen molar-refractivity contribution in [3.05, 3.63) is 28.2 Å². The van der Waals surface area contributed by atoms with Gasteiger partial charge >= 0.3 is 0 Å². The number of carbonyl (C=O) groups excluding carboxylic acids is 2. The van der Waals surface area contributed by atoms with Gasteiger partial charge in [0, 0.05) is 6.04 Å². The number of hydrogen-bond donors (Lipinski definition) is 2. The van der Waals surface area contributed by atoms with Crippen molar-refractivity contribution in [2.24, 2.45) is 5.92 Å². The van der Waals surface area contributed by atoms with Crippen LogP contribution in [0.1, 0.15) is 39.5 Å². The Kier molecular flexibility index (Phi) is 7.74. The maximum Gasteiger partial charge on any atom is 0.238 e. The molecule has 0 heterocycles. The van der Waals surface area contributed by atoms with E-state index in [1.165, 1.54) is 6.42 Å². The van der Waals surface area contributed by atoms with Crippen molar-refractivity contribution in [2.75, 3.05) is 18.9 Å². The Balaban J connectivity index is 1.88. The Morgan fingerprint density at radius 2 is 1.85 bits per heavy atom. The summed E-state index contributed by atoms with van der Waals surface area (Å²) in [4.78, 5) is 26.5. The summed E-state index contributed by atoms with van der Waals surface area (Å²) in [5, 5.41) is 6.61. The van der Waals surface area contributed by atoms with Gasteiger partial charge in [0.15, 0.2) is 0 Å². The molecular weight excluding hydrogens is 373 g/mol. The topological polar surface area (TPSA) is 61.4 Å². The minimum atomic E-state index is -0.406. The van der Waals surface area contributed by atoms with Crippen LogP contribution in [0.25, 0.3) is 0 Å². The number of hydrogen-bond acceptors (Lipinski definition) is 3. The van der Waals surface area contributed by atoms with E-state index in [0.717, 1.165) is 19.3 Å². The second-order valence-electron chi connectivity index (χ2n) is 7.11. The largest absolute Gasteiger partial charge is 0.352 e. The highest BCUT2D eigenvalue weighted by Gasteiger charge is 2.27. The SMILES string of the molecule is C[C@H](C(=O)N[C@H]1CCCC[C@@H]1C)N(C)CC(=O)Nc1c(Cl)cccc1Cl. The highest BCUT2D eigenvalue weighted by molar-refractivity contribution is 6.39. The molecule has 2 rings (SSSR count). The Labute approximate surface area is 165 Å².